The monoisotopic (exact) mass is 324 g/mol. The number of aliphatic hydroxyl groups is 2. The lowest BCUT2D eigenvalue weighted by Gasteiger charge is -2.42. The molecule has 5 atom stereocenters. The minimum atomic E-state index is -0.101. The summed E-state index contributed by atoms with van der Waals surface area (Å²) in [6.45, 7) is 2.13. The van der Waals surface area contributed by atoms with Crippen LogP contribution in [-0.2, 0) is 0 Å². The van der Waals surface area contributed by atoms with Gasteiger partial charge in [-0.2, -0.15) is 0 Å². The zero-order valence-electron chi connectivity index (χ0n) is 15.4. The van der Waals surface area contributed by atoms with Crippen molar-refractivity contribution in [1.29, 1.82) is 0 Å². The maximum atomic E-state index is 10.4. The van der Waals surface area contributed by atoms with Gasteiger partial charge in [0.05, 0.1) is 12.2 Å². The molecular weight excluding hydrogens is 284 g/mol. The van der Waals surface area contributed by atoms with Gasteiger partial charge in [-0.15, -0.1) is 0 Å². The summed E-state index contributed by atoms with van der Waals surface area (Å²) in [5.74, 6) is 2.71. The maximum Gasteiger partial charge on any atom is 0.0543 e. The van der Waals surface area contributed by atoms with E-state index in [1.165, 1.54) is 44.9 Å². The molecule has 0 spiro atoms. The number of hydrogen-bond donors (Lipinski definition) is 2. The summed E-state index contributed by atoms with van der Waals surface area (Å²) in [4.78, 5) is 0. The normalized spacial score (nSPS) is 30.7. The van der Waals surface area contributed by atoms with Crippen LogP contribution in [0.4, 0.5) is 0 Å². The fourth-order valence-corrected chi connectivity index (χ4v) is 5.25. The highest BCUT2D eigenvalue weighted by Crippen LogP contribution is 2.45. The topological polar surface area (TPSA) is 40.5 Å². The van der Waals surface area contributed by atoms with Crippen LogP contribution in [0.3, 0.4) is 0 Å². The quantitative estimate of drug-likeness (QED) is 0.524. The minimum absolute atomic E-state index is 0.0822. The maximum absolute atomic E-state index is 10.4. The average molecular weight is 325 g/mol. The first-order valence-corrected chi connectivity index (χ1v) is 10.6. The highest BCUT2D eigenvalue weighted by Gasteiger charge is 2.35. The van der Waals surface area contributed by atoms with Crippen molar-refractivity contribution >= 4 is 0 Å². The van der Waals surface area contributed by atoms with Gasteiger partial charge in [0.1, 0.15) is 0 Å². The van der Waals surface area contributed by atoms with E-state index in [1.807, 2.05) is 0 Å². The van der Waals surface area contributed by atoms with Crippen LogP contribution < -0.4 is 0 Å². The van der Waals surface area contributed by atoms with Crippen LogP contribution in [0.1, 0.15) is 103 Å². The molecule has 0 aromatic carbocycles. The minimum Gasteiger partial charge on any atom is -0.393 e. The smallest absolute Gasteiger partial charge is 0.0543 e. The number of hydrogen-bond acceptors (Lipinski definition) is 2. The van der Waals surface area contributed by atoms with Gasteiger partial charge < -0.3 is 10.2 Å². The summed E-state index contributed by atoms with van der Waals surface area (Å²) < 4.78 is 0. The fraction of sp³-hybridized carbons (Fsp3) is 1.00. The zero-order valence-corrected chi connectivity index (χ0v) is 15.4. The summed E-state index contributed by atoms with van der Waals surface area (Å²) in [6.07, 6.45) is 18.2. The lowest BCUT2D eigenvalue weighted by molar-refractivity contribution is 0.0508. The predicted octanol–water partition coefficient (Wildman–Crippen LogP) is 5.46. The second kappa shape index (κ2) is 10.7. The van der Waals surface area contributed by atoms with Gasteiger partial charge in [-0.3, -0.25) is 0 Å². The van der Waals surface area contributed by atoms with Crippen molar-refractivity contribution < 1.29 is 10.2 Å². The second-order valence-corrected chi connectivity index (χ2v) is 8.37. The van der Waals surface area contributed by atoms with Crippen LogP contribution in [0.15, 0.2) is 0 Å². The molecule has 0 aliphatic heterocycles. The Kier molecular flexibility index (Phi) is 8.97. The molecule has 5 unspecified atom stereocenters. The molecule has 2 aliphatic rings. The van der Waals surface area contributed by atoms with E-state index < -0.39 is 0 Å². The fourth-order valence-electron chi connectivity index (χ4n) is 5.25. The third-order valence-electron chi connectivity index (χ3n) is 6.49. The molecule has 2 N–H and O–H groups in total. The van der Waals surface area contributed by atoms with Crippen LogP contribution in [-0.4, -0.2) is 22.4 Å². The Morgan fingerprint density at radius 1 is 0.783 bits per heavy atom. The first kappa shape index (κ1) is 19.2. The first-order chi connectivity index (χ1) is 11.2. The summed E-state index contributed by atoms with van der Waals surface area (Å²) >= 11 is 0. The zero-order chi connectivity index (χ0) is 16.5. The molecular formula is C21H40O2. The van der Waals surface area contributed by atoms with E-state index in [0.29, 0.717) is 0 Å². The molecule has 2 aliphatic carbocycles. The Labute approximate surface area is 144 Å². The Morgan fingerprint density at radius 3 is 2.26 bits per heavy atom. The molecule has 2 rings (SSSR count). The van der Waals surface area contributed by atoms with Crippen molar-refractivity contribution in [2.75, 3.05) is 0 Å². The highest BCUT2D eigenvalue weighted by atomic mass is 16.3. The Hall–Kier alpha value is -0.0800. The largest absolute Gasteiger partial charge is 0.393 e. The average Bonchev–Trinajstić information content (AvgIpc) is 2.55. The number of rotatable bonds is 10. The SMILES string of the molecule is CCCC(O)CCCCCC(O)CC1CCCC2CCCCC21. The molecule has 0 radical (unpaired) electrons. The van der Waals surface area contributed by atoms with Gasteiger partial charge in [-0.1, -0.05) is 71.1 Å². The van der Waals surface area contributed by atoms with E-state index in [4.69, 9.17) is 0 Å². The van der Waals surface area contributed by atoms with Gasteiger partial charge in [0, 0.05) is 0 Å². The predicted molar refractivity (Wildman–Crippen MR) is 97.4 cm³/mol. The summed E-state index contributed by atoms with van der Waals surface area (Å²) in [5, 5.41) is 20.2. The van der Waals surface area contributed by atoms with Crippen LogP contribution in [0.2, 0.25) is 0 Å². The van der Waals surface area contributed by atoms with E-state index in [-0.39, 0.29) is 12.2 Å². The van der Waals surface area contributed by atoms with E-state index in [0.717, 1.165) is 69.1 Å². The molecule has 0 amide bonds. The second-order valence-electron chi connectivity index (χ2n) is 8.37. The Morgan fingerprint density at radius 2 is 1.48 bits per heavy atom. The van der Waals surface area contributed by atoms with Gasteiger partial charge in [0.25, 0.3) is 0 Å². The van der Waals surface area contributed by atoms with Crippen LogP contribution in [0.5, 0.6) is 0 Å². The molecule has 2 fully saturated rings. The number of unbranched alkanes of at least 4 members (excludes halogenated alkanes) is 2. The molecule has 0 heterocycles. The van der Waals surface area contributed by atoms with Crippen molar-refractivity contribution in [2.45, 2.75) is 115 Å². The van der Waals surface area contributed by atoms with E-state index in [2.05, 4.69) is 6.92 Å². The molecule has 2 saturated carbocycles. The number of aliphatic hydroxyl groups excluding tert-OH is 2. The van der Waals surface area contributed by atoms with Crippen molar-refractivity contribution in [3.63, 3.8) is 0 Å². The van der Waals surface area contributed by atoms with E-state index in [1.54, 1.807) is 0 Å². The van der Waals surface area contributed by atoms with Crippen LogP contribution in [0, 0.1) is 17.8 Å². The lowest BCUT2D eigenvalue weighted by Crippen LogP contribution is -2.33. The van der Waals surface area contributed by atoms with Gasteiger partial charge >= 0.3 is 0 Å². The van der Waals surface area contributed by atoms with Crippen molar-refractivity contribution in [2.24, 2.45) is 17.8 Å². The highest BCUT2D eigenvalue weighted by molar-refractivity contribution is 4.86. The molecule has 0 saturated heterocycles. The van der Waals surface area contributed by atoms with Gasteiger partial charge in [-0.05, 0) is 49.9 Å². The summed E-state index contributed by atoms with van der Waals surface area (Å²) in [6, 6.07) is 0. The van der Waals surface area contributed by atoms with E-state index in [9.17, 15) is 10.2 Å². The van der Waals surface area contributed by atoms with Crippen LogP contribution >= 0.6 is 0 Å². The molecule has 0 aromatic rings. The summed E-state index contributed by atoms with van der Waals surface area (Å²) in [7, 11) is 0. The van der Waals surface area contributed by atoms with Crippen molar-refractivity contribution in [1.82, 2.24) is 0 Å². The standard InChI is InChI=1S/C21H40O2/c1-2-9-19(22)13-4-3-5-14-20(23)16-18-12-8-11-17-10-6-7-15-21(17)18/h17-23H,2-16H2,1H3. The Bertz CT molecular complexity index is 302. The summed E-state index contributed by atoms with van der Waals surface area (Å²) in [5.41, 5.74) is 0. The van der Waals surface area contributed by atoms with Crippen molar-refractivity contribution in [3.05, 3.63) is 0 Å². The van der Waals surface area contributed by atoms with E-state index >= 15 is 0 Å². The first-order valence-electron chi connectivity index (χ1n) is 10.6. The third kappa shape index (κ3) is 6.74. The molecule has 2 heteroatoms. The molecule has 136 valence electrons. The molecule has 23 heavy (non-hydrogen) atoms. The molecule has 0 bridgehead atoms. The number of fused-ring (bicyclic) bond motifs is 1. The Balaban J connectivity index is 1.58. The van der Waals surface area contributed by atoms with Crippen LogP contribution in [0.25, 0.3) is 0 Å². The van der Waals surface area contributed by atoms with Gasteiger partial charge in [0.2, 0.25) is 0 Å². The van der Waals surface area contributed by atoms with Gasteiger partial charge in [0.15, 0.2) is 0 Å². The molecule has 2 nitrogen and oxygen atoms in total. The lowest BCUT2D eigenvalue weighted by atomic mass is 9.64. The van der Waals surface area contributed by atoms with Gasteiger partial charge in [-0.25, -0.2) is 0 Å². The van der Waals surface area contributed by atoms with Crippen molar-refractivity contribution in [3.8, 4) is 0 Å². The third-order valence-corrected chi connectivity index (χ3v) is 6.49. The molecule has 0 aromatic heterocycles.